The van der Waals surface area contributed by atoms with Gasteiger partial charge >= 0.3 is 0 Å². The molecule has 41 heavy (non-hydrogen) atoms. The Balaban J connectivity index is 1.34. The number of amides is 3. The van der Waals surface area contributed by atoms with E-state index in [-0.39, 0.29) is 41.3 Å². The maximum Gasteiger partial charge on any atom is 0.276 e. The van der Waals surface area contributed by atoms with E-state index in [1.807, 2.05) is 0 Å². The van der Waals surface area contributed by atoms with Gasteiger partial charge in [-0.3, -0.25) is 14.4 Å². The van der Waals surface area contributed by atoms with Crippen LogP contribution in [0.3, 0.4) is 0 Å². The van der Waals surface area contributed by atoms with Crippen LogP contribution in [0.25, 0.3) is 0 Å². The number of carbonyl (C=O) groups is 3. The fourth-order valence-electron chi connectivity index (χ4n) is 6.39. The number of likely N-dealkylation sites (tertiary alicyclic amines) is 1. The molecular weight excluding hydrogens is 528 g/mol. The fraction of sp³-hybridized carbons (Fsp3) is 0.690. The highest BCUT2D eigenvalue weighted by Gasteiger charge is 2.42. The van der Waals surface area contributed by atoms with Crippen molar-refractivity contribution < 1.29 is 28.2 Å². The largest absolute Gasteiger partial charge is 0.376 e. The van der Waals surface area contributed by atoms with Crippen molar-refractivity contribution in [3.8, 4) is 0 Å². The van der Waals surface area contributed by atoms with Crippen molar-refractivity contribution in [3.63, 3.8) is 0 Å². The predicted molar refractivity (Wildman–Crippen MR) is 148 cm³/mol. The van der Waals surface area contributed by atoms with Gasteiger partial charge in [-0.25, -0.2) is 0 Å². The fourth-order valence-corrected chi connectivity index (χ4v) is 6.39. The lowest BCUT2D eigenvalue weighted by molar-refractivity contribution is -0.127. The normalized spacial score (nSPS) is 26.6. The standard InChI is InChI=1S/C29H42N6O6/c1-18-12-24(32-40-18)28(37)34-10-9-22(14-26(34)27(36)31-16-21-7-5-20(15-30)6-8-21)35(17-23-4-3-11-39-23)29(38)25-13-19(2)41-33-25/h12-13,20-23,26H,3-11,14-17,30H2,1-2H3,(H,31,36)/t20?,21?,22?,23?,26-/m1/s1. The monoisotopic (exact) mass is 570 g/mol. The minimum atomic E-state index is -0.766. The van der Waals surface area contributed by atoms with Crippen LogP contribution in [0.2, 0.25) is 0 Å². The van der Waals surface area contributed by atoms with Crippen LogP contribution in [0.1, 0.15) is 83.9 Å². The number of nitrogens with one attached hydrogen (secondary N) is 1. The van der Waals surface area contributed by atoms with Crippen molar-refractivity contribution in [2.24, 2.45) is 17.6 Å². The van der Waals surface area contributed by atoms with Crippen LogP contribution in [0.15, 0.2) is 21.2 Å². The zero-order valence-corrected chi connectivity index (χ0v) is 24.0. The second-order valence-corrected chi connectivity index (χ2v) is 11.8. The lowest BCUT2D eigenvalue weighted by Gasteiger charge is -2.43. The van der Waals surface area contributed by atoms with E-state index >= 15 is 0 Å². The third-order valence-corrected chi connectivity index (χ3v) is 8.82. The van der Waals surface area contributed by atoms with Crippen LogP contribution < -0.4 is 11.1 Å². The molecule has 3 N–H and O–H groups in total. The van der Waals surface area contributed by atoms with Crippen molar-refractivity contribution in [1.29, 1.82) is 0 Å². The van der Waals surface area contributed by atoms with Gasteiger partial charge in [0.05, 0.1) is 6.10 Å². The van der Waals surface area contributed by atoms with Gasteiger partial charge in [0.15, 0.2) is 11.4 Å². The molecule has 224 valence electrons. The Kier molecular flexibility index (Phi) is 9.39. The van der Waals surface area contributed by atoms with E-state index in [0.717, 1.165) is 38.5 Å². The summed E-state index contributed by atoms with van der Waals surface area (Å²) in [5, 5.41) is 11.0. The van der Waals surface area contributed by atoms with Gasteiger partial charge in [0.2, 0.25) is 5.91 Å². The lowest BCUT2D eigenvalue weighted by Crippen LogP contribution is -2.59. The molecule has 2 aromatic rings. The number of hydrogen-bond acceptors (Lipinski definition) is 9. The molecule has 0 spiro atoms. The van der Waals surface area contributed by atoms with Gasteiger partial charge < -0.3 is 34.6 Å². The van der Waals surface area contributed by atoms with Crippen molar-refractivity contribution in [2.75, 3.05) is 32.8 Å². The van der Waals surface area contributed by atoms with Gasteiger partial charge in [-0.1, -0.05) is 10.3 Å². The van der Waals surface area contributed by atoms with Crippen LogP contribution >= 0.6 is 0 Å². The number of nitrogens with zero attached hydrogens (tertiary/aromatic N) is 4. The Labute approximate surface area is 240 Å². The molecule has 0 aromatic carbocycles. The summed E-state index contributed by atoms with van der Waals surface area (Å²) in [7, 11) is 0. The zero-order chi connectivity index (χ0) is 28.9. The number of piperidine rings is 1. The third kappa shape index (κ3) is 6.98. The third-order valence-electron chi connectivity index (χ3n) is 8.82. The van der Waals surface area contributed by atoms with Gasteiger partial charge in [0, 0.05) is 44.4 Å². The molecule has 3 aliphatic rings. The summed E-state index contributed by atoms with van der Waals surface area (Å²) in [4.78, 5) is 44.3. The van der Waals surface area contributed by atoms with Crippen molar-refractivity contribution >= 4 is 17.7 Å². The second-order valence-electron chi connectivity index (χ2n) is 11.8. The van der Waals surface area contributed by atoms with Crippen LogP contribution in [-0.2, 0) is 9.53 Å². The lowest BCUT2D eigenvalue weighted by atomic mass is 9.82. The van der Waals surface area contributed by atoms with Crippen LogP contribution in [0, 0.1) is 25.7 Å². The minimum Gasteiger partial charge on any atom is -0.376 e. The molecule has 1 saturated carbocycles. The molecule has 3 amide bonds. The number of aromatic nitrogens is 2. The summed E-state index contributed by atoms with van der Waals surface area (Å²) >= 11 is 0. The maximum absolute atomic E-state index is 13.7. The van der Waals surface area contributed by atoms with E-state index in [0.29, 0.717) is 69.0 Å². The summed E-state index contributed by atoms with van der Waals surface area (Å²) < 4.78 is 16.2. The van der Waals surface area contributed by atoms with Crippen molar-refractivity contribution in [3.05, 3.63) is 35.0 Å². The average Bonchev–Trinajstić information content (AvgIpc) is 3.77. The molecule has 12 nitrogen and oxygen atoms in total. The van der Waals surface area contributed by atoms with Crippen molar-refractivity contribution in [1.82, 2.24) is 25.4 Å². The van der Waals surface area contributed by atoms with Gasteiger partial charge in [0.1, 0.15) is 17.6 Å². The highest BCUT2D eigenvalue weighted by molar-refractivity contribution is 5.96. The van der Waals surface area contributed by atoms with E-state index in [1.54, 1.807) is 35.8 Å². The zero-order valence-electron chi connectivity index (χ0n) is 24.0. The first kappa shape index (κ1) is 29.2. The molecule has 2 aliphatic heterocycles. The van der Waals surface area contributed by atoms with E-state index < -0.39 is 6.04 Å². The van der Waals surface area contributed by atoms with Gasteiger partial charge in [-0.05, 0) is 83.6 Å². The molecule has 3 fully saturated rings. The van der Waals surface area contributed by atoms with Crippen LogP contribution in [0.4, 0.5) is 0 Å². The smallest absolute Gasteiger partial charge is 0.276 e. The number of carbonyl (C=O) groups excluding carboxylic acids is 3. The molecular formula is C29H42N6O6. The summed E-state index contributed by atoms with van der Waals surface area (Å²) in [6.07, 6.45) is 6.71. The molecule has 1 aliphatic carbocycles. The molecule has 0 bridgehead atoms. The number of aryl methyl sites for hydroxylation is 2. The Morgan fingerprint density at radius 1 is 1.00 bits per heavy atom. The highest BCUT2D eigenvalue weighted by Crippen LogP contribution is 2.29. The van der Waals surface area contributed by atoms with Crippen LogP contribution in [0.5, 0.6) is 0 Å². The Hall–Kier alpha value is -3.25. The molecule has 2 saturated heterocycles. The quantitative estimate of drug-likeness (QED) is 0.462. The molecule has 3 atom stereocenters. The SMILES string of the molecule is Cc1cc(C(=O)N(CC2CCCO2)C2CCN(C(=O)c3cc(C)on3)[C@@H](C(=O)NCC3CCC(CN)CC3)C2)no1. The molecule has 5 rings (SSSR count). The second kappa shape index (κ2) is 13.2. The van der Waals surface area contributed by atoms with Crippen LogP contribution in [-0.4, -0.2) is 88.8 Å². The summed E-state index contributed by atoms with van der Waals surface area (Å²) in [5.41, 5.74) is 6.24. The Morgan fingerprint density at radius 2 is 1.68 bits per heavy atom. The Morgan fingerprint density at radius 3 is 2.29 bits per heavy atom. The molecule has 4 heterocycles. The van der Waals surface area contributed by atoms with Gasteiger partial charge in [-0.2, -0.15) is 0 Å². The van der Waals surface area contributed by atoms with E-state index in [2.05, 4.69) is 15.6 Å². The molecule has 2 aromatic heterocycles. The number of hydrogen-bond donors (Lipinski definition) is 2. The van der Waals surface area contributed by atoms with Gasteiger partial charge in [0.25, 0.3) is 11.8 Å². The highest BCUT2D eigenvalue weighted by atomic mass is 16.5. The van der Waals surface area contributed by atoms with E-state index in [9.17, 15) is 14.4 Å². The molecule has 0 radical (unpaired) electrons. The maximum atomic E-state index is 13.7. The first-order chi connectivity index (χ1) is 19.8. The first-order valence-corrected chi connectivity index (χ1v) is 14.9. The van der Waals surface area contributed by atoms with E-state index in [4.69, 9.17) is 19.5 Å². The Bertz CT molecular complexity index is 1200. The summed E-state index contributed by atoms with van der Waals surface area (Å²) in [6, 6.07) is 2.15. The predicted octanol–water partition coefficient (Wildman–Crippen LogP) is 2.46. The molecule has 12 heteroatoms. The first-order valence-electron chi connectivity index (χ1n) is 14.9. The molecule has 2 unspecified atom stereocenters. The van der Waals surface area contributed by atoms with Gasteiger partial charge in [-0.15, -0.1) is 0 Å². The van der Waals surface area contributed by atoms with E-state index in [1.165, 1.54) is 0 Å². The number of nitrogens with two attached hydrogens (primary N) is 1. The summed E-state index contributed by atoms with van der Waals surface area (Å²) in [6.45, 7) is 6.08. The number of ether oxygens (including phenoxy) is 1. The summed E-state index contributed by atoms with van der Waals surface area (Å²) in [5.74, 6) is 1.18. The minimum absolute atomic E-state index is 0.0827. The average molecular weight is 571 g/mol. The van der Waals surface area contributed by atoms with Crippen molar-refractivity contribution in [2.45, 2.75) is 83.4 Å². The number of rotatable bonds is 9. The topological polar surface area (TPSA) is 157 Å².